The Bertz CT molecular complexity index is 737. The van der Waals surface area contributed by atoms with Gasteiger partial charge in [-0.05, 0) is 25.0 Å². The van der Waals surface area contributed by atoms with E-state index in [1.165, 1.54) is 4.31 Å². The fourth-order valence-electron chi connectivity index (χ4n) is 3.72. The molecule has 0 aromatic heterocycles. The number of sulfonamides is 1. The summed E-state index contributed by atoms with van der Waals surface area (Å²) in [6.07, 6.45) is 0.587. The van der Waals surface area contributed by atoms with Crippen molar-refractivity contribution in [3.05, 3.63) is 29.8 Å². The van der Waals surface area contributed by atoms with Crippen LogP contribution < -0.4 is 5.32 Å². The van der Waals surface area contributed by atoms with Crippen LogP contribution in [0.25, 0.3) is 0 Å². The van der Waals surface area contributed by atoms with Crippen molar-refractivity contribution in [2.75, 3.05) is 39.9 Å². The number of hydrogen-bond acceptors (Lipinski definition) is 4. The molecule has 1 fully saturated rings. The number of hydrogen-bond donors (Lipinski definition) is 1. The predicted octanol–water partition coefficient (Wildman–Crippen LogP) is 0.968. The zero-order chi connectivity index (χ0) is 17.4. The standard InChI is InChI=1S/C16H23N3O4S/c1-3-17-15(20)18-9-8-16(12-18)13-6-4-5-7-14(13)24(21,22)19(16)10-11-23-2/h4-7H,3,8-12H2,1-2H3,(H,17,20)/t16-/m0/s1. The Morgan fingerprint density at radius 2 is 2.12 bits per heavy atom. The summed E-state index contributed by atoms with van der Waals surface area (Å²) in [5.74, 6) is 0. The lowest BCUT2D eigenvalue weighted by molar-refractivity contribution is 0.131. The minimum Gasteiger partial charge on any atom is -0.383 e. The molecule has 1 N–H and O–H groups in total. The topological polar surface area (TPSA) is 79.0 Å². The van der Waals surface area contributed by atoms with Crippen LogP contribution in [0, 0.1) is 0 Å². The highest BCUT2D eigenvalue weighted by molar-refractivity contribution is 7.89. The van der Waals surface area contributed by atoms with Crippen LogP contribution in [0.3, 0.4) is 0 Å². The van der Waals surface area contributed by atoms with Crippen molar-refractivity contribution < 1.29 is 17.9 Å². The first-order chi connectivity index (χ1) is 11.5. The molecule has 2 aliphatic heterocycles. The second-order valence-corrected chi connectivity index (χ2v) is 7.94. The summed E-state index contributed by atoms with van der Waals surface area (Å²) in [6.45, 7) is 3.89. The molecule has 8 heteroatoms. The molecule has 0 saturated carbocycles. The molecule has 7 nitrogen and oxygen atoms in total. The Balaban J connectivity index is 2.02. The number of fused-ring (bicyclic) bond motifs is 2. The molecular formula is C16H23N3O4S. The quantitative estimate of drug-likeness (QED) is 0.875. The van der Waals surface area contributed by atoms with E-state index in [4.69, 9.17) is 4.74 Å². The zero-order valence-electron chi connectivity index (χ0n) is 14.0. The molecule has 3 rings (SSSR count). The maximum absolute atomic E-state index is 13.0. The number of methoxy groups -OCH3 is 1. The van der Waals surface area contributed by atoms with Crippen molar-refractivity contribution in [3.8, 4) is 0 Å². The first kappa shape index (κ1) is 17.2. The molecule has 0 radical (unpaired) electrons. The van der Waals surface area contributed by atoms with Crippen LogP contribution in [-0.4, -0.2) is 63.5 Å². The summed E-state index contributed by atoms with van der Waals surface area (Å²) in [5.41, 5.74) is 0.0897. The Morgan fingerprint density at radius 1 is 1.38 bits per heavy atom. The summed E-state index contributed by atoms with van der Waals surface area (Å²) in [7, 11) is -2.02. The Hall–Kier alpha value is -1.64. The van der Waals surface area contributed by atoms with E-state index >= 15 is 0 Å². The molecule has 2 amide bonds. The molecule has 0 unspecified atom stereocenters. The van der Waals surface area contributed by atoms with Gasteiger partial charge in [0.1, 0.15) is 0 Å². The number of nitrogens with one attached hydrogen (secondary N) is 1. The van der Waals surface area contributed by atoms with E-state index in [0.717, 1.165) is 5.56 Å². The van der Waals surface area contributed by atoms with Crippen molar-refractivity contribution >= 4 is 16.1 Å². The van der Waals surface area contributed by atoms with E-state index in [9.17, 15) is 13.2 Å². The van der Waals surface area contributed by atoms with Gasteiger partial charge in [0.15, 0.2) is 0 Å². The average Bonchev–Trinajstić information content (AvgIpc) is 3.08. The van der Waals surface area contributed by atoms with E-state index in [1.54, 1.807) is 24.1 Å². The third-order valence-electron chi connectivity index (χ3n) is 4.80. The van der Waals surface area contributed by atoms with Gasteiger partial charge >= 0.3 is 6.03 Å². The molecule has 132 valence electrons. The van der Waals surface area contributed by atoms with E-state index in [0.29, 0.717) is 37.6 Å². The van der Waals surface area contributed by atoms with Crippen LogP contribution in [0.2, 0.25) is 0 Å². The highest BCUT2D eigenvalue weighted by Crippen LogP contribution is 2.49. The largest absolute Gasteiger partial charge is 0.383 e. The van der Waals surface area contributed by atoms with Gasteiger partial charge in [-0.15, -0.1) is 0 Å². The first-order valence-electron chi connectivity index (χ1n) is 8.11. The molecule has 1 atom stereocenters. The minimum atomic E-state index is -3.58. The van der Waals surface area contributed by atoms with Gasteiger partial charge in [0.2, 0.25) is 10.0 Å². The van der Waals surface area contributed by atoms with Gasteiger partial charge < -0.3 is 15.0 Å². The van der Waals surface area contributed by atoms with E-state index in [-0.39, 0.29) is 12.6 Å². The van der Waals surface area contributed by atoms with Gasteiger partial charge in [0, 0.05) is 33.3 Å². The molecule has 0 aliphatic carbocycles. The maximum atomic E-state index is 13.0. The molecule has 1 saturated heterocycles. The average molecular weight is 353 g/mol. The second-order valence-electron chi connectivity index (χ2n) is 6.10. The third kappa shape index (κ3) is 2.49. The number of urea groups is 1. The molecule has 1 aromatic rings. The molecule has 1 aromatic carbocycles. The summed E-state index contributed by atoms with van der Waals surface area (Å²) in [5, 5.41) is 2.79. The lowest BCUT2D eigenvalue weighted by Crippen LogP contribution is -2.48. The van der Waals surface area contributed by atoms with Crippen LogP contribution in [0.15, 0.2) is 29.2 Å². The van der Waals surface area contributed by atoms with Gasteiger partial charge in [-0.2, -0.15) is 4.31 Å². The molecule has 0 bridgehead atoms. The van der Waals surface area contributed by atoms with Crippen molar-refractivity contribution in [1.82, 2.24) is 14.5 Å². The number of amides is 2. The third-order valence-corrected chi connectivity index (χ3v) is 6.82. The zero-order valence-corrected chi connectivity index (χ0v) is 14.8. The number of carbonyl (C=O) groups is 1. The number of ether oxygens (including phenoxy) is 1. The molecule has 24 heavy (non-hydrogen) atoms. The molecule has 2 heterocycles. The number of likely N-dealkylation sites (tertiary alicyclic amines) is 1. The monoisotopic (exact) mass is 353 g/mol. The smallest absolute Gasteiger partial charge is 0.317 e. The Kier molecular flexibility index (Phi) is 4.54. The van der Waals surface area contributed by atoms with E-state index in [2.05, 4.69) is 5.32 Å². The molecular weight excluding hydrogens is 330 g/mol. The Morgan fingerprint density at radius 3 is 2.83 bits per heavy atom. The normalized spacial score (nSPS) is 25.2. The lowest BCUT2D eigenvalue weighted by atomic mass is 9.89. The first-order valence-corrected chi connectivity index (χ1v) is 9.55. The minimum absolute atomic E-state index is 0.150. The van der Waals surface area contributed by atoms with Gasteiger partial charge in [0.05, 0.1) is 17.0 Å². The number of benzene rings is 1. The fraction of sp³-hybridized carbons (Fsp3) is 0.562. The second kappa shape index (κ2) is 6.34. The summed E-state index contributed by atoms with van der Waals surface area (Å²) in [4.78, 5) is 14.2. The van der Waals surface area contributed by atoms with Crippen LogP contribution in [-0.2, 0) is 20.3 Å². The summed E-state index contributed by atoms with van der Waals surface area (Å²) < 4.78 is 32.6. The van der Waals surface area contributed by atoms with Crippen molar-refractivity contribution in [1.29, 1.82) is 0 Å². The maximum Gasteiger partial charge on any atom is 0.317 e. The number of nitrogens with zero attached hydrogens (tertiary/aromatic N) is 2. The van der Waals surface area contributed by atoms with Crippen LogP contribution >= 0.6 is 0 Å². The molecule has 1 spiro atoms. The number of rotatable bonds is 4. The summed E-state index contributed by atoms with van der Waals surface area (Å²) >= 11 is 0. The number of carbonyl (C=O) groups excluding carboxylic acids is 1. The van der Waals surface area contributed by atoms with Crippen molar-refractivity contribution in [3.63, 3.8) is 0 Å². The summed E-state index contributed by atoms with van der Waals surface area (Å²) in [6, 6.07) is 6.95. The highest BCUT2D eigenvalue weighted by atomic mass is 32.2. The van der Waals surface area contributed by atoms with Crippen LogP contribution in [0.4, 0.5) is 4.79 Å². The SMILES string of the molecule is CCNC(=O)N1CC[C@]2(C1)c1ccccc1S(=O)(=O)N2CCOC. The van der Waals surface area contributed by atoms with Gasteiger partial charge in [-0.3, -0.25) is 0 Å². The molecule has 2 aliphatic rings. The van der Waals surface area contributed by atoms with Gasteiger partial charge in [-0.25, -0.2) is 13.2 Å². The van der Waals surface area contributed by atoms with Crippen molar-refractivity contribution in [2.24, 2.45) is 0 Å². The lowest BCUT2D eigenvalue weighted by Gasteiger charge is -2.33. The fourth-order valence-corrected chi connectivity index (χ4v) is 5.77. The predicted molar refractivity (Wildman–Crippen MR) is 89.2 cm³/mol. The van der Waals surface area contributed by atoms with Gasteiger partial charge in [-0.1, -0.05) is 18.2 Å². The highest BCUT2D eigenvalue weighted by Gasteiger charge is 2.57. The van der Waals surface area contributed by atoms with Crippen LogP contribution in [0.5, 0.6) is 0 Å². The van der Waals surface area contributed by atoms with E-state index in [1.807, 2.05) is 19.1 Å². The van der Waals surface area contributed by atoms with E-state index < -0.39 is 15.6 Å². The Labute approximate surface area is 142 Å². The van der Waals surface area contributed by atoms with Crippen LogP contribution in [0.1, 0.15) is 18.9 Å². The van der Waals surface area contributed by atoms with Gasteiger partial charge in [0.25, 0.3) is 0 Å². The van der Waals surface area contributed by atoms with Crippen molar-refractivity contribution in [2.45, 2.75) is 23.8 Å².